The molecule has 0 aromatic carbocycles. The van der Waals surface area contributed by atoms with E-state index in [1.807, 2.05) is 26.8 Å². The van der Waals surface area contributed by atoms with Crippen molar-refractivity contribution in [1.82, 2.24) is 4.90 Å². The summed E-state index contributed by atoms with van der Waals surface area (Å²) in [5.74, 6) is 0. The molecule has 0 aliphatic carbocycles. The first-order valence-electron chi connectivity index (χ1n) is 5.92. The maximum Gasteiger partial charge on any atom is 0.407 e. The molecule has 98 valence electrons. The molecule has 5 heteroatoms. The first-order valence-corrected chi connectivity index (χ1v) is 6.73. The van der Waals surface area contributed by atoms with Crippen LogP contribution < -0.4 is 0 Å². The SMILES string of the molecule is CC(C)(C)C1c2sc(C=O)cc2CCN1C(=O)O. The molecule has 1 unspecified atom stereocenters. The number of amides is 1. The number of hydrogen-bond donors (Lipinski definition) is 1. The number of nitrogens with zero attached hydrogens (tertiary/aromatic N) is 1. The molecule has 0 bridgehead atoms. The molecule has 4 nitrogen and oxygen atoms in total. The maximum atomic E-state index is 11.4. The second-order valence-corrected chi connectivity index (χ2v) is 6.77. The summed E-state index contributed by atoms with van der Waals surface area (Å²) in [4.78, 5) is 25.4. The zero-order valence-electron chi connectivity index (χ0n) is 10.8. The van der Waals surface area contributed by atoms with Crippen molar-refractivity contribution in [3.05, 3.63) is 21.4 Å². The molecule has 1 aliphatic heterocycles. The number of carbonyl (C=O) groups is 2. The van der Waals surface area contributed by atoms with E-state index < -0.39 is 6.09 Å². The van der Waals surface area contributed by atoms with Crippen LogP contribution in [0.25, 0.3) is 0 Å². The summed E-state index contributed by atoms with van der Waals surface area (Å²) >= 11 is 1.42. The van der Waals surface area contributed by atoms with E-state index in [4.69, 9.17) is 0 Å². The number of hydrogen-bond acceptors (Lipinski definition) is 3. The molecule has 1 amide bonds. The molecule has 2 heterocycles. The highest BCUT2D eigenvalue weighted by atomic mass is 32.1. The Kier molecular flexibility index (Phi) is 3.19. The van der Waals surface area contributed by atoms with E-state index in [1.54, 1.807) is 0 Å². The molecule has 1 aromatic heterocycles. The van der Waals surface area contributed by atoms with E-state index >= 15 is 0 Å². The highest BCUT2D eigenvalue weighted by Gasteiger charge is 2.39. The van der Waals surface area contributed by atoms with E-state index in [2.05, 4.69) is 0 Å². The van der Waals surface area contributed by atoms with Crippen molar-refractivity contribution < 1.29 is 14.7 Å². The van der Waals surface area contributed by atoms with Gasteiger partial charge in [0.1, 0.15) is 0 Å². The number of carbonyl (C=O) groups excluding carboxylic acids is 1. The van der Waals surface area contributed by atoms with Gasteiger partial charge in [0, 0.05) is 11.4 Å². The molecule has 0 spiro atoms. The fourth-order valence-electron chi connectivity index (χ4n) is 2.53. The molecule has 0 fully saturated rings. The van der Waals surface area contributed by atoms with Crippen LogP contribution >= 0.6 is 11.3 Å². The molecule has 0 saturated heterocycles. The second kappa shape index (κ2) is 4.39. The van der Waals surface area contributed by atoms with Gasteiger partial charge >= 0.3 is 6.09 Å². The Morgan fingerprint density at radius 1 is 1.56 bits per heavy atom. The van der Waals surface area contributed by atoms with Gasteiger partial charge in [0.05, 0.1) is 10.9 Å². The third-order valence-electron chi connectivity index (χ3n) is 3.23. The molecule has 2 rings (SSSR count). The fraction of sp³-hybridized carbons (Fsp3) is 0.538. The normalized spacial score (nSPS) is 19.5. The molecule has 1 N–H and O–H groups in total. The Hall–Kier alpha value is -1.36. The van der Waals surface area contributed by atoms with Crippen molar-refractivity contribution in [3.63, 3.8) is 0 Å². The van der Waals surface area contributed by atoms with Gasteiger partial charge in [-0.15, -0.1) is 11.3 Å². The Labute approximate surface area is 110 Å². The van der Waals surface area contributed by atoms with Gasteiger partial charge in [0.15, 0.2) is 6.29 Å². The summed E-state index contributed by atoms with van der Waals surface area (Å²) in [7, 11) is 0. The molecule has 18 heavy (non-hydrogen) atoms. The van der Waals surface area contributed by atoms with Gasteiger partial charge in [-0.3, -0.25) is 9.69 Å². The summed E-state index contributed by atoms with van der Waals surface area (Å²) in [6.07, 6.45) is 0.647. The minimum Gasteiger partial charge on any atom is -0.465 e. The van der Waals surface area contributed by atoms with Crippen LogP contribution in [0.15, 0.2) is 6.07 Å². The third kappa shape index (κ3) is 2.14. The highest BCUT2D eigenvalue weighted by molar-refractivity contribution is 7.13. The Balaban J connectivity index is 2.51. The van der Waals surface area contributed by atoms with Gasteiger partial charge in [-0.1, -0.05) is 20.8 Å². The van der Waals surface area contributed by atoms with Crippen LogP contribution in [-0.4, -0.2) is 28.9 Å². The van der Waals surface area contributed by atoms with Crippen LogP contribution in [0, 0.1) is 5.41 Å². The summed E-state index contributed by atoms with van der Waals surface area (Å²) in [6.45, 7) is 6.59. The lowest BCUT2D eigenvalue weighted by Crippen LogP contribution is -2.44. The van der Waals surface area contributed by atoms with Gasteiger partial charge < -0.3 is 5.11 Å². The van der Waals surface area contributed by atoms with Crippen molar-refractivity contribution in [2.45, 2.75) is 33.2 Å². The highest BCUT2D eigenvalue weighted by Crippen LogP contribution is 2.45. The lowest BCUT2D eigenvalue weighted by molar-refractivity contribution is 0.0780. The number of thiophene rings is 1. The molecule has 1 aromatic rings. The third-order valence-corrected chi connectivity index (χ3v) is 4.38. The summed E-state index contributed by atoms with van der Waals surface area (Å²) in [5.41, 5.74) is 0.943. The Morgan fingerprint density at radius 2 is 2.22 bits per heavy atom. The molecular weight excluding hydrogens is 250 g/mol. The van der Waals surface area contributed by atoms with E-state index in [1.165, 1.54) is 16.2 Å². The van der Waals surface area contributed by atoms with Gasteiger partial charge in [-0.25, -0.2) is 4.79 Å². The second-order valence-electron chi connectivity index (χ2n) is 5.65. The number of carboxylic acid groups (broad SMARTS) is 1. The molecule has 1 aliphatic rings. The van der Waals surface area contributed by atoms with Crippen molar-refractivity contribution in [2.75, 3.05) is 6.54 Å². The molecule has 0 radical (unpaired) electrons. The average molecular weight is 267 g/mol. The average Bonchev–Trinajstić information content (AvgIpc) is 2.68. The van der Waals surface area contributed by atoms with Crippen molar-refractivity contribution >= 4 is 23.7 Å². The predicted octanol–water partition coefficient (Wildman–Crippen LogP) is 3.18. The van der Waals surface area contributed by atoms with Crippen molar-refractivity contribution in [2.24, 2.45) is 5.41 Å². The van der Waals surface area contributed by atoms with Crippen LogP contribution in [0.5, 0.6) is 0 Å². The minimum absolute atomic E-state index is 0.169. The topological polar surface area (TPSA) is 57.6 Å². The number of aldehydes is 1. The Bertz CT molecular complexity index is 487. The van der Waals surface area contributed by atoms with E-state index in [0.717, 1.165) is 16.7 Å². The lowest BCUT2D eigenvalue weighted by Gasteiger charge is -2.41. The van der Waals surface area contributed by atoms with Gasteiger partial charge in [0.2, 0.25) is 0 Å². The number of fused-ring (bicyclic) bond motifs is 1. The maximum absolute atomic E-state index is 11.4. The summed E-state index contributed by atoms with van der Waals surface area (Å²) < 4.78 is 0. The van der Waals surface area contributed by atoms with E-state index in [0.29, 0.717) is 17.8 Å². The van der Waals surface area contributed by atoms with Crippen molar-refractivity contribution in [3.8, 4) is 0 Å². The minimum atomic E-state index is -0.887. The monoisotopic (exact) mass is 267 g/mol. The predicted molar refractivity (Wildman–Crippen MR) is 70.3 cm³/mol. The lowest BCUT2D eigenvalue weighted by atomic mass is 9.81. The van der Waals surface area contributed by atoms with Gasteiger partial charge in [-0.2, -0.15) is 0 Å². The fourth-order valence-corrected chi connectivity index (χ4v) is 3.92. The van der Waals surface area contributed by atoms with Crippen LogP contribution in [0.1, 0.15) is 46.9 Å². The standard InChI is InChI=1S/C13H17NO3S/c1-13(2,3)11-10-8(6-9(7-15)18-10)4-5-14(11)12(16)17/h6-7,11H,4-5H2,1-3H3,(H,16,17). The van der Waals surface area contributed by atoms with Gasteiger partial charge in [0.25, 0.3) is 0 Å². The zero-order valence-corrected chi connectivity index (χ0v) is 11.6. The van der Waals surface area contributed by atoms with Crippen molar-refractivity contribution in [1.29, 1.82) is 0 Å². The van der Waals surface area contributed by atoms with E-state index in [9.17, 15) is 14.7 Å². The van der Waals surface area contributed by atoms with Crippen LogP contribution in [0.4, 0.5) is 4.79 Å². The summed E-state index contributed by atoms with van der Waals surface area (Å²) in [5, 5.41) is 9.32. The molecule has 0 saturated carbocycles. The largest absolute Gasteiger partial charge is 0.465 e. The Morgan fingerprint density at radius 3 is 2.72 bits per heavy atom. The van der Waals surface area contributed by atoms with Crippen LogP contribution in [0.2, 0.25) is 0 Å². The van der Waals surface area contributed by atoms with Crippen LogP contribution in [-0.2, 0) is 6.42 Å². The smallest absolute Gasteiger partial charge is 0.407 e. The number of rotatable bonds is 1. The zero-order chi connectivity index (χ0) is 13.5. The molecule has 1 atom stereocenters. The quantitative estimate of drug-likeness (QED) is 0.795. The summed E-state index contributed by atoms with van der Waals surface area (Å²) in [6, 6.07) is 1.72. The first-order chi connectivity index (χ1) is 8.34. The van der Waals surface area contributed by atoms with Crippen LogP contribution in [0.3, 0.4) is 0 Å². The first kappa shape index (κ1) is 13.1. The molecular formula is C13H17NO3S. The van der Waals surface area contributed by atoms with E-state index in [-0.39, 0.29) is 11.5 Å². The van der Waals surface area contributed by atoms with Gasteiger partial charge in [-0.05, 0) is 23.5 Å².